The van der Waals surface area contributed by atoms with E-state index >= 15 is 0 Å². The molecule has 1 aromatic heterocycles. The van der Waals surface area contributed by atoms with Crippen LogP contribution in [-0.4, -0.2) is 36.5 Å². The van der Waals surface area contributed by atoms with Crippen molar-refractivity contribution in [3.05, 3.63) is 21.0 Å². The summed E-state index contributed by atoms with van der Waals surface area (Å²) in [7, 11) is 2.00. The summed E-state index contributed by atoms with van der Waals surface area (Å²) < 4.78 is 2.11. The van der Waals surface area contributed by atoms with E-state index in [2.05, 4.69) is 31.2 Å². The molecular formula is C13H21BrN4O. The molecule has 1 saturated heterocycles. The minimum atomic E-state index is -0.0441. The first-order valence-electron chi connectivity index (χ1n) is 6.82. The van der Waals surface area contributed by atoms with E-state index in [-0.39, 0.29) is 5.56 Å². The smallest absolute Gasteiger partial charge is 0.283 e. The van der Waals surface area contributed by atoms with Crippen LogP contribution in [0.25, 0.3) is 0 Å². The third kappa shape index (κ3) is 3.17. The number of aryl methyl sites for hydroxylation is 1. The van der Waals surface area contributed by atoms with E-state index in [4.69, 9.17) is 0 Å². The monoisotopic (exact) mass is 328 g/mol. The predicted octanol–water partition coefficient (Wildman–Crippen LogP) is 1.46. The molecule has 0 aromatic carbocycles. The molecule has 2 heterocycles. The zero-order chi connectivity index (χ0) is 13.8. The molecule has 19 heavy (non-hydrogen) atoms. The van der Waals surface area contributed by atoms with Crippen LogP contribution in [0.15, 0.2) is 15.5 Å². The largest absolute Gasteiger partial charge is 0.369 e. The Bertz CT molecular complexity index is 480. The van der Waals surface area contributed by atoms with E-state index in [0.29, 0.717) is 11.0 Å². The van der Waals surface area contributed by atoms with Crippen LogP contribution in [0.2, 0.25) is 0 Å². The first-order chi connectivity index (χ1) is 9.17. The Morgan fingerprint density at radius 2 is 2.16 bits per heavy atom. The van der Waals surface area contributed by atoms with Crippen LogP contribution in [0.5, 0.6) is 0 Å². The number of nitrogens with one attached hydrogen (secondary N) is 1. The summed E-state index contributed by atoms with van der Waals surface area (Å²) in [5.41, 5.74) is 0.884. The van der Waals surface area contributed by atoms with E-state index in [1.807, 2.05) is 14.0 Å². The molecule has 0 aliphatic carbocycles. The molecule has 1 aliphatic heterocycles. The second-order valence-electron chi connectivity index (χ2n) is 4.95. The zero-order valence-electron chi connectivity index (χ0n) is 11.5. The fourth-order valence-electron chi connectivity index (χ4n) is 2.57. The second kappa shape index (κ2) is 6.52. The SMILES string of the molecule is CCn1ncc(N2CCC(CNC)CC2)c(Br)c1=O. The summed E-state index contributed by atoms with van der Waals surface area (Å²) in [4.78, 5) is 14.3. The molecule has 1 fully saturated rings. The van der Waals surface area contributed by atoms with Crippen molar-refractivity contribution in [3.63, 3.8) is 0 Å². The summed E-state index contributed by atoms with van der Waals surface area (Å²) in [5, 5.41) is 7.44. The van der Waals surface area contributed by atoms with Gasteiger partial charge in [0.15, 0.2) is 0 Å². The standard InChI is InChI=1S/C13H21BrN4O/c1-3-18-13(19)12(14)11(9-16-18)17-6-4-10(5-7-17)8-15-2/h9-10,15H,3-8H2,1-2H3. The van der Waals surface area contributed by atoms with E-state index in [0.717, 1.165) is 44.1 Å². The molecule has 5 nitrogen and oxygen atoms in total. The Hall–Kier alpha value is -0.880. The van der Waals surface area contributed by atoms with Crippen LogP contribution in [0.4, 0.5) is 5.69 Å². The van der Waals surface area contributed by atoms with Gasteiger partial charge >= 0.3 is 0 Å². The maximum Gasteiger partial charge on any atom is 0.283 e. The Labute approximate surface area is 122 Å². The van der Waals surface area contributed by atoms with Crippen LogP contribution in [0, 0.1) is 5.92 Å². The van der Waals surface area contributed by atoms with Gasteiger partial charge in [-0.2, -0.15) is 5.10 Å². The van der Waals surface area contributed by atoms with Crippen molar-refractivity contribution in [2.24, 2.45) is 5.92 Å². The number of anilines is 1. The topological polar surface area (TPSA) is 50.2 Å². The molecule has 1 aromatic rings. The van der Waals surface area contributed by atoms with Gasteiger partial charge in [-0.25, -0.2) is 4.68 Å². The number of aromatic nitrogens is 2. The molecule has 0 atom stereocenters. The van der Waals surface area contributed by atoms with Crippen LogP contribution < -0.4 is 15.8 Å². The lowest BCUT2D eigenvalue weighted by Gasteiger charge is -2.33. The fourth-order valence-corrected chi connectivity index (χ4v) is 3.13. The van der Waals surface area contributed by atoms with Gasteiger partial charge in [0.2, 0.25) is 0 Å². The van der Waals surface area contributed by atoms with Gasteiger partial charge in [-0.15, -0.1) is 0 Å². The first kappa shape index (κ1) is 14.5. The zero-order valence-corrected chi connectivity index (χ0v) is 13.1. The Balaban J connectivity index is 2.12. The van der Waals surface area contributed by atoms with Crippen LogP contribution in [0.1, 0.15) is 19.8 Å². The van der Waals surface area contributed by atoms with E-state index in [9.17, 15) is 4.79 Å². The lowest BCUT2D eigenvalue weighted by molar-refractivity contribution is 0.393. The van der Waals surface area contributed by atoms with Crippen LogP contribution in [0.3, 0.4) is 0 Å². The van der Waals surface area contributed by atoms with Crippen molar-refractivity contribution in [2.75, 3.05) is 31.6 Å². The molecule has 0 bridgehead atoms. The van der Waals surface area contributed by atoms with Crippen molar-refractivity contribution in [1.29, 1.82) is 0 Å². The molecule has 0 saturated carbocycles. The van der Waals surface area contributed by atoms with Gasteiger partial charge in [-0.1, -0.05) is 0 Å². The van der Waals surface area contributed by atoms with E-state index in [1.54, 1.807) is 6.20 Å². The molecule has 0 amide bonds. The number of halogens is 1. The Morgan fingerprint density at radius 3 is 2.74 bits per heavy atom. The highest BCUT2D eigenvalue weighted by Gasteiger charge is 2.21. The Kier molecular flexibility index (Phi) is 4.99. The molecule has 0 spiro atoms. The molecule has 0 unspecified atom stereocenters. The van der Waals surface area contributed by atoms with Gasteiger partial charge in [0.25, 0.3) is 5.56 Å². The number of nitrogens with zero attached hydrogens (tertiary/aromatic N) is 3. The van der Waals surface area contributed by atoms with Crippen LogP contribution in [-0.2, 0) is 6.54 Å². The number of hydrogen-bond acceptors (Lipinski definition) is 4. The summed E-state index contributed by atoms with van der Waals surface area (Å²) in [6.45, 7) is 5.57. The highest BCUT2D eigenvalue weighted by atomic mass is 79.9. The minimum Gasteiger partial charge on any atom is -0.369 e. The first-order valence-corrected chi connectivity index (χ1v) is 7.61. The molecule has 106 valence electrons. The molecule has 6 heteroatoms. The number of hydrogen-bond donors (Lipinski definition) is 1. The summed E-state index contributed by atoms with van der Waals surface area (Å²) in [5.74, 6) is 0.740. The third-order valence-electron chi connectivity index (χ3n) is 3.71. The Morgan fingerprint density at radius 1 is 1.47 bits per heavy atom. The van der Waals surface area contributed by atoms with Crippen molar-refractivity contribution in [2.45, 2.75) is 26.3 Å². The molecule has 0 radical (unpaired) electrons. The van der Waals surface area contributed by atoms with Gasteiger partial charge < -0.3 is 10.2 Å². The lowest BCUT2D eigenvalue weighted by Crippen LogP contribution is -2.38. The van der Waals surface area contributed by atoms with E-state index in [1.165, 1.54) is 4.68 Å². The summed E-state index contributed by atoms with van der Waals surface area (Å²) >= 11 is 3.43. The lowest BCUT2D eigenvalue weighted by atomic mass is 9.96. The third-order valence-corrected chi connectivity index (χ3v) is 4.46. The maximum absolute atomic E-state index is 12.0. The summed E-state index contributed by atoms with van der Waals surface area (Å²) in [6.07, 6.45) is 4.11. The molecule has 1 N–H and O–H groups in total. The highest BCUT2D eigenvalue weighted by molar-refractivity contribution is 9.10. The molecule has 2 rings (SSSR count). The van der Waals surface area contributed by atoms with Crippen molar-refractivity contribution >= 4 is 21.6 Å². The molecule has 1 aliphatic rings. The van der Waals surface area contributed by atoms with Gasteiger partial charge in [0.1, 0.15) is 4.47 Å². The van der Waals surface area contributed by atoms with Gasteiger partial charge in [0.05, 0.1) is 11.9 Å². The van der Waals surface area contributed by atoms with Crippen molar-refractivity contribution in [1.82, 2.24) is 15.1 Å². The fraction of sp³-hybridized carbons (Fsp3) is 0.692. The number of piperidine rings is 1. The van der Waals surface area contributed by atoms with Crippen LogP contribution >= 0.6 is 15.9 Å². The summed E-state index contributed by atoms with van der Waals surface area (Å²) in [6, 6.07) is 0. The minimum absolute atomic E-state index is 0.0441. The van der Waals surface area contributed by atoms with E-state index < -0.39 is 0 Å². The van der Waals surface area contributed by atoms with Crippen molar-refractivity contribution in [3.8, 4) is 0 Å². The maximum atomic E-state index is 12.0. The average Bonchev–Trinajstić information content (AvgIpc) is 2.43. The highest BCUT2D eigenvalue weighted by Crippen LogP contribution is 2.26. The number of rotatable bonds is 4. The average molecular weight is 329 g/mol. The predicted molar refractivity (Wildman–Crippen MR) is 80.7 cm³/mol. The second-order valence-corrected chi connectivity index (χ2v) is 5.75. The van der Waals surface area contributed by atoms with Gasteiger partial charge in [-0.05, 0) is 55.2 Å². The van der Waals surface area contributed by atoms with Crippen molar-refractivity contribution < 1.29 is 0 Å². The van der Waals surface area contributed by atoms with Gasteiger partial charge in [-0.3, -0.25) is 4.79 Å². The van der Waals surface area contributed by atoms with Gasteiger partial charge in [0, 0.05) is 19.6 Å². The normalized spacial score (nSPS) is 16.9. The molecular weight excluding hydrogens is 308 g/mol. The quantitative estimate of drug-likeness (QED) is 0.909.